The van der Waals surface area contributed by atoms with Crippen LogP contribution >= 0.6 is 7.82 Å². The van der Waals surface area contributed by atoms with E-state index in [1.807, 2.05) is 0 Å². The number of hydrogen-bond donors (Lipinski definition) is 2. The van der Waals surface area contributed by atoms with Crippen molar-refractivity contribution >= 4 is 19.8 Å². The van der Waals surface area contributed by atoms with Crippen LogP contribution in [0.25, 0.3) is 0 Å². The van der Waals surface area contributed by atoms with E-state index < -0.39 is 26.5 Å². The normalized spacial score (nSPS) is 13.4. The van der Waals surface area contributed by atoms with E-state index in [0.717, 1.165) is 51.4 Å². The van der Waals surface area contributed by atoms with Gasteiger partial charge in [-0.1, -0.05) is 180 Å². The van der Waals surface area contributed by atoms with Crippen LogP contribution in [0.3, 0.4) is 0 Å². The molecule has 0 heterocycles. The van der Waals surface area contributed by atoms with Crippen LogP contribution < -0.4 is 5.73 Å². The van der Waals surface area contributed by atoms with Gasteiger partial charge in [0.15, 0.2) is 6.10 Å². The Morgan fingerprint density at radius 1 is 0.547 bits per heavy atom. The fourth-order valence-corrected chi connectivity index (χ4v) is 7.10. The van der Waals surface area contributed by atoms with Crippen molar-refractivity contribution in [2.45, 2.75) is 225 Å². The van der Waals surface area contributed by atoms with Crippen molar-refractivity contribution in [2.24, 2.45) is 5.73 Å². The summed E-state index contributed by atoms with van der Waals surface area (Å²) in [7, 11) is -4.37. The molecule has 53 heavy (non-hydrogen) atoms. The fraction of sp³-hybridized carbons (Fsp3) is 0.907. The number of ether oxygens (including phenoxy) is 2. The van der Waals surface area contributed by atoms with Crippen LogP contribution in [0.5, 0.6) is 0 Å². The first-order chi connectivity index (χ1) is 25.8. The number of phosphoric ester groups is 1. The van der Waals surface area contributed by atoms with Gasteiger partial charge in [0.1, 0.15) is 6.61 Å². The second-order valence-corrected chi connectivity index (χ2v) is 16.4. The molecule has 314 valence electrons. The minimum absolute atomic E-state index is 0.0548. The zero-order valence-electron chi connectivity index (χ0n) is 34.5. The molecule has 0 spiro atoms. The van der Waals surface area contributed by atoms with Crippen LogP contribution in [0, 0.1) is 0 Å². The molecular weight excluding hydrogens is 689 g/mol. The molecule has 0 aromatic carbocycles. The van der Waals surface area contributed by atoms with Crippen molar-refractivity contribution in [3.05, 3.63) is 12.2 Å². The smallest absolute Gasteiger partial charge is 0.462 e. The maximum Gasteiger partial charge on any atom is 0.472 e. The number of allylic oxidation sites excluding steroid dienone is 2. The van der Waals surface area contributed by atoms with Gasteiger partial charge in [-0.3, -0.25) is 18.6 Å². The molecule has 0 rings (SSSR count). The van der Waals surface area contributed by atoms with Gasteiger partial charge in [0.2, 0.25) is 0 Å². The van der Waals surface area contributed by atoms with Crippen LogP contribution in [0.15, 0.2) is 12.2 Å². The first-order valence-electron chi connectivity index (χ1n) is 22.2. The zero-order chi connectivity index (χ0) is 38.9. The van der Waals surface area contributed by atoms with E-state index in [1.54, 1.807) is 0 Å². The predicted octanol–water partition coefficient (Wildman–Crippen LogP) is 12.6. The third-order valence-electron chi connectivity index (χ3n) is 9.65. The molecule has 0 saturated carbocycles. The van der Waals surface area contributed by atoms with E-state index in [4.69, 9.17) is 24.3 Å². The van der Waals surface area contributed by atoms with E-state index in [2.05, 4.69) is 26.0 Å². The Morgan fingerprint density at radius 2 is 0.925 bits per heavy atom. The summed E-state index contributed by atoms with van der Waals surface area (Å²) in [6.45, 7) is 3.74. The van der Waals surface area contributed by atoms with E-state index >= 15 is 0 Å². The zero-order valence-corrected chi connectivity index (χ0v) is 35.4. The molecule has 2 atom stereocenters. The summed E-state index contributed by atoms with van der Waals surface area (Å²) in [6.07, 6.45) is 41.0. The molecule has 0 saturated heterocycles. The highest BCUT2D eigenvalue weighted by atomic mass is 31.2. The lowest BCUT2D eigenvalue weighted by Crippen LogP contribution is -2.29. The largest absolute Gasteiger partial charge is 0.472 e. The minimum Gasteiger partial charge on any atom is -0.462 e. The molecule has 10 heteroatoms. The summed E-state index contributed by atoms with van der Waals surface area (Å²) in [4.78, 5) is 34.9. The highest BCUT2D eigenvalue weighted by Crippen LogP contribution is 2.43. The Kier molecular flexibility index (Phi) is 39.5. The van der Waals surface area contributed by atoms with Crippen molar-refractivity contribution < 1.29 is 37.6 Å². The second-order valence-electron chi connectivity index (χ2n) is 14.9. The average Bonchev–Trinajstić information content (AvgIpc) is 3.14. The van der Waals surface area contributed by atoms with Gasteiger partial charge in [-0.15, -0.1) is 0 Å². The number of rotatable bonds is 42. The molecule has 9 nitrogen and oxygen atoms in total. The molecule has 0 aliphatic heterocycles. The summed E-state index contributed by atoms with van der Waals surface area (Å²) in [5.74, 6) is -0.827. The first-order valence-corrected chi connectivity index (χ1v) is 23.7. The highest BCUT2D eigenvalue weighted by Gasteiger charge is 2.26. The van der Waals surface area contributed by atoms with Gasteiger partial charge in [0, 0.05) is 19.4 Å². The summed E-state index contributed by atoms with van der Waals surface area (Å²) in [6, 6.07) is 0. The van der Waals surface area contributed by atoms with Crippen molar-refractivity contribution in [1.82, 2.24) is 0 Å². The number of esters is 2. The van der Waals surface area contributed by atoms with Crippen LogP contribution in [0.2, 0.25) is 0 Å². The molecule has 0 fully saturated rings. The van der Waals surface area contributed by atoms with E-state index in [9.17, 15) is 19.0 Å². The van der Waals surface area contributed by atoms with Crippen molar-refractivity contribution in [2.75, 3.05) is 26.4 Å². The second kappa shape index (κ2) is 40.4. The minimum atomic E-state index is -4.37. The fourth-order valence-electron chi connectivity index (χ4n) is 6.34. The molecule has 0 radical (unpaired) electrons. The molecule has 0 amide bonds. The summed E-state index contributed by atoms with van der Waals surface area (Å²) in [5.41, 5.74) is 5.35. The molecule has 1 unspecified atom stereocenters. The number of hydrogen-bond acceptors (Lipinski definition) is 8. The standard InChI is InChI=1S/C43H84NO8P/c1-3-5-7-9-11-13-15-17-19-20-21-22-24-25-27-29-31-33-35-42(45)49-39-41(40-51-53(47,48)50-38-37-44)52-43(46)36-34-32-30-28-26-23-18-16-14-12-10-8-6-4-2/h16,18,41H,3-15,17,19-40,44H2,1-2H3,(H,47,48)/b18-16-/t41-/m1/s1. The van der Waals surface area contributed by atoms with Gasteiger partial charge in [-0.05, 0) is 38.5 Å². The monoisotopic (exact) mass is 774 g/mol. The number of unbranched alkanes of at least 4 members (excludes halogenated alkanes) is 27. The van der Waals surface area contributed by atoms with Gasteiger partial charge in [-0.2, -0.15) is 0 Å². The lowest BCUT2D eigenvalue weighted by molar-refractivity contribution is -0.161. The Labute approximate surface area is 326 Å². The Hall–Kier alpha value is -1.25. The number of carbonyl (C=O) groups is 2. The molecule has 0 aromatic heterocycles. The third-order valence-corrected chi connectivity index (χ3v) is 10.6. The SMILES string of the molecule is CCCCCCC/C=C\CCCCCCCC(=O)O[C@H](COC(=O)CCCCCCCCCCCCCCCCCCCC)COP(=O)(O)OCCN. The maximum atomic E-state index is 12.6. The van der Waals surface area contributed by atoms with Gasteiger partial charge >= 0.3 is 19.8 Å². The van der Waals surface area contributed by atoms with Crippen LogP contribution in [-0.2, 0) is 32.7 Å². The molecule has 0 aliphatic carbocycles. The number of phosphoric acid groups is 1. The van der Waals surface area contributed by atoms with Crippen molar-refractivity contribution in [3.63, 3.8) is 0 Å². The lowest BCUT2D eigenvalue weighted by atomic mass is 10.0. The van der Waals surface area contributed by atoms with Crippen molar-refractivity contribution in [1.29, 1.82) is 0 Å². The van der Waals surface area contributed by atoms with Crippen LogP contribution in [-0.4, -0.2) is 49.3 Å². The Bertz CT molecular complexity index is 886. The van der Waals surface area contributed by atoms with Crippen molar-refractivity contribution in [3.8, 4) is 0 Å². The van der Waals surface area contributed by atoms with E-state index in [-0.39, 0.29) is 38.6 Å². The van der Waals surface area contributed by atoms with Gasteiger partial charge in [0.05, 0.1) is 13.2 Å². The van der Waals surface area contributed by atoms with Gasteiger partial charge in [0.25, 0.3) is 0 Å². The Morgan fingerprint density at radius 3 is 1.34 bits per heavy atom. The summed E-state index contributed by atoms with van der Waals surface area (Å²) >= 11 is 0. The van der Waals surface area contributed by atoms with E-state index in [1.165, 1.54) is 135 Å². The number of carbonyl (C=O) groups excluding carboxylic acids is 2. The predicted molar refractivity (Wildman–Crippen MR) is 220 cm³/mol. The molecular formula is C43H84NO8P. The number of nitrogens with two attached hydrogens (primary N) is 1. The molecule has 0 aliphatic rings. The highest BCUT2D eigenvalue weighted by molar-refractivity contribution is 7.47. The molecule has 0 bridgehead atoms. The third kappa shape index (κ3) is 40.2. The Balaban J connectivity index is 4.10. The van der Waals surface area contributed by atoms with Gasteiger partial charge < -0.3 is 20.1 Å². The molecule has 3 N–H and O–H groups in total. The summed E-state index contributed by atoms with van der Waals surface area (Å²) < 4.78 is 32.8. The first kappa shape index (κ1) is 51.8. The van der Waals surface area contributed by atoms with Crippen LogP contribution in [0.1, 0.15) is 219 Å². The quantitative estimate of drug-likeness (QED) is 0.0269. The lowest BCUT2D eigenvalue weighted by Gasteiger charge is -2.19. The maximum absolute atomic E-state index is 12.6. The molecule has 0 aromatic rings. The average molecular weight is 774 g/mol. The topological polar surface area (TPSA) is 134 Å². The van der Waals surface area contributed by atoms with E-state index in [0.29, 0.717) is 6.42 Å². The van der Waals surface area contributed by atoms with Crippen LogP contribution in [0.4, 0.5) is 0 Å². The summed E-state index contributed by atoms with van der Waals surface area (Å²) in [5, 5.41) is 0. The van der Waals surface area contributed by atoms with Gasteiger partial charge in [-0.25, -0.2) is 4.57 Å².